The van der Waals surface area contributed by atoms with E-state index in [1.807, 2.05) is 6.07 Å². The van der Waals surface area contributed by atoms with Gasteiger partial charge in [0, 0.05) is 37.7 Å². The van der Waals surface area contributed by atoms with Gasteiger partial charge in [0.05, 0.1) is 17.7 Å². The first kappa shape index (κ1) is 19.0. The summed E-state index contributed by atoms with van der Waals surface area (Å²) in [4.78, 5) is 16.6. The number of halogens is 3. The minimum atomic E-state index is -0.366. The summed E-state index contributed by atoms with van der Waals surface area (Å²) in [6, 6.07) is 9.86. The molecule has 0 aromatic heterocycles. The zero-order valence-corrected chi connectivity index (χ0v) is 15.9. The van der Waals surface area contributed by atoms with Gasteiger partial charge in [0.15, 0.2) is 11.6 Å². The maximum Gasteiger partial charge on any atom is 0.255 e. The third-order valence-corrected chi connectivity index (χ3v) is 5.01. The third-order valence-electron chi connectivity index (χ3n) is 4.44. The van der Waals surface area contributed by atoms with Gasteiger partial charge in [-0.25, -0.2) is 4.39 Å². The molecule has 0 N–H and O–H groups in total. The molecule has 3 rings (SSSR count). The molecule has 0 aliphatic carbocycles. The maximum absolute atomic E-state index is 13.8. The summed E-state index contributed by atoms with van der Waals surface area (Å²) < 4.78 is 18.7. The van der Waals surface area contributed by atoms with Gasteiger partial charge in [0.25, 0.3) is 5.91 Å². The van der Waals surface area contributed by atoms with Crippen LogP contribution in [0, 0.1) is 5.82 Å². The van der Waals surface area contributed by atoms with E-state index in [9.17, 15) is 9.18 Å². The number of benzene rings is 2. The maximum atomic E-state index is 13.8. The van der Waals surface area contributed by atoms with Gasteiger partial charge in [-0.05, 0) is 35.9 Å². The second-order valence-electron chi connectivity index (χ2n) is 6.16. The molecular weight excluding hydrogens is 378 g/mol. The predicted octanol–water partition coefficient (Wildman–Crippen LogP) is 4.10. The lowest BCUT2D eigenvalue weighted by Gasteiger charge is -2.35. The van der Waals surface area contributed by atoms with Crippen molar-refractivity contribution in [3.05, 3.63) is 63.4 Å². The van der Waals surface area contributed by atoms with Gasteiger partial charge in [0.1, 0.15) is 0 Å². The molecule has 26 heavy (non-hydrogen) atoms. The van der Waals surface area contributed by atoms with Crippen LogP contribution in [0.5, 0.6) is 5.75 Å². The summed E-state index contributed by atoms with van der Waals surface area (Å²) in [6.45, 7) is 3.20. The highest BCUT2D eigenvalue weighted by Crippen LogP contribution is 2.23. The number of amides is 1. The second-order valence-corrected chi connectivity index (χ2v) is 7.01. The summed E-state index contributed by atoms with van der Waals surface area (Å²) in [5, 5.41) is 0.883. The van der Waals surface area contributed by atoms with Crippen LogP contribution in [-0.4, -0.2) is 49.0 Å². The van der Waals surface area contributed by atoms with Crippen molar-refractivity contribution in [1.82, 2.24) is 9.80 Å². The van der Waals surface area contributed by atoms with Crippen molar-refractivity contribution in [3.63, 3.8) is 0 Å². The van der Waals surface area contributed by atoms with Crippen LogP contribution in [-0.2, 0) is 6.54 Å². The summed E-state index contributed by atoms with van der Waals surface area (Å²) in [5.74, 6) is -0.246. The Kier molecular flexibility index (Phi) is 6.01. The molecule has 2 aromatic rings. The Bertz CT molecular complexity index is 808. The van der Waals surface area contributed by atoms with E-state index in [0.29, 0.717) is 48.3 Å². The average Bonchev–Trinajstić information content (AvgIpc) is 2.64. The molecule has 4 nitrogen and oxygen atoms in total. The van der Waals surface area contributed by atoms with Crippen molar-refractivity contribution in [2.45, 2.75) is 6.54 Å². The fourth-order valence-electron chi connectivity index (χ4n) is 3.01. The van der Waals surface area contributed by atoms with Crippen LogP contribution >= 0.6 is 23.2 Å². The van der Waals surface area contributed by atoms with Crippen molar-refractivity contribution in [2.75, 3.05) is 33.3 Å². The van der Waals surface area contributed by atoms with E-state index in [-0.39, 0.29) is 17.5 Å². The minimum absolute atomic E-state index is 0.118. The molecule has 2 aromatic carbocycles. The Morgan fingerprint density at radius 3 is 2.50 bits per heavy atom. The largest absolute Gasteiger partial charge is 0.494 e. The number of carbonyl (C=O) groups is 1. The predicted molar refractivity (Wildman–Crippen MR) is 101 cm³/mol. The lowest BCUT2D eigenvalue weighted by molar-refractivity contribution is 0.0628. The molecule has 138 valence electrons. The van der Waals surface area contributed by atoms with E-state index < -0.39 is 0 Å². The summed E-state index contributed by atoms with van der Waals surface area (Å²) >= 11 is 12.1. The quantitative estimate of drug-likeness (QED) is 0.779. The summed E-state index contributed by atoms with van der Waals surface area (Å²) in [6.07, 6.45) is 0. The molecule has 1 saturated heterocycles. The van der Waals surface area contributed by atoms with Crippen molar-refractivity contribution in [1.29, 1.82) is 0 Å². The first-order valence-electron chi connectivity index (χ1n) is 8.27. The molecule has 0 saturated carbocycles. The van der Waals surface area contributed by atoms with Gasteiger partial charge in [-0.15, -0.1) is 0 Å². The van der Waals surface area contributed by atoms with Crippen LogP contribution in [0.4, 0.5) is 4.39 Å². The van der Waals surface area contributed by atoms with Gasteiger partial charge in [-0.3, -0.25) is 9.69 Å². The van der Waals surface area contributed by atoms with E-state index in [0.717, 1.165) is 5.56 Å². The molecular formula is C19H19Cl2FN2O2. The Morgan fingerprint density at radius 1 is 1.12 bits per heavy atom. The zero-order valence-electron chi connectivity index (χ0n) is 14.3. The lowest BCUT2D eigenvalue weighted by atomic mass is 10.1. The zero-order chi connectivity index (χ0) is 18.7. The van der Waals surface area contributed by atoms with E-state index in [4.69, 9.17) is 27.9 Å². The summed E-state index contributed by atoms with van der Waals surface area (Å²) in [5.41, 5.74) is 1.30. The Labute approximate surface area is 162 Å². The molecule has 0 bridgehead atoms. The van der Waals surface area contributed by atoms with Crippen LogP contribution in [0.2, 0.25) is 10.0 Å². The highest BCUT2D eigenvalue weighted by atomic mass is 35.5. The molecule has 1 fully saturated rings. The normalized spacial score (nSPS) is 15.2. The van der Waals surface area contributed by atoms with Crippen LogP contribution in [0.1, 0.15) is 15.9 Å². The molecule has 7 heteroatoms. The van der Waals surface area contributed by atoms with E-state index in [2.05, 4.69) is 4.90 Å². The molecule has 0 atom stereocenters. The molecule has 0 radical (unpaired) electrons. The highest BCUT2D eigenvalue weighted by molar-refractivity contribution is 6.35. The van der Waals surface area contributed by atoms with Crippen LogP contribution in [0.15, 0.2) is 36.4 Å². The topological polar surface area (TPSA) is 32.8 Å². The number of nitrogens with zero attached hydrogens (tertiary/aromatic N) is 2. The Hall–Kier alpha value is -1.82. The first-order valence-corrected chi connectivity index (χ1v) is 9.02. The first-order chi connectivity index (χ1) is 12.5. The van der Waals surface area contributed by atoms with Gasteiger partial charge in [0.2, 0.25) is 0 Å². The van der Waals surface area contributed by atoms with Gasteiger partial charge < -0.3 is 9.64 Å². The number of ether oxygens (including phenoxy) is 1. The Morgan fingerprint density at radius 2 is 1.85 bits per heavy atom. The standard InChI is InChI=1S/C19H19Cl2FN2O2/c1-26-18-5-2-13(10-17(18)22)12-23-6-8-24(9-7-23)19(25)15-11-14(20)3-4-16(15)21/h2-5,10-11H,6-9,12H2,1H3. The number of hydrogen-bond donors (Lipinski definition) is 0. The van der Waals surface area contributed by atoms with Crippen molar-refractivity contribution >= 4 is 29.1 Å². The Balaban J connectivity index is 1.59. The van der Waals surface area contributed by atoms with E-state index in [1.54, 1.807) is 29.2 Å². The van der Waals surface area contributed by atoms with Crippen LogP contribution in [0.25, 0.3) is 0 Å². The van der Waals surface area contributed by atoms with E-state index >= 15 is 0 Å². The molecule has 1 amide bonds. The van der Waals surface area contributed by atoms with Crippen LogP contribution < -0.4 is 4.74 Å². The van der Waals surface area contributed by atoms with Crippen LogP contribution in [0.3, 0.4) is 0 Å². The summed E-state index contributed by atoms with van der Waals surface area (Å²) in [7, 11) is 1.44. The fourth-order valence-corrected chi connectivity index (χ4v) is 3.38. The number of carbonyl (C=O) groups excluding carboxylic acids is 1. The fraction of sp³-hybridized carbons (Fsp3) is 0.316. The van der Waals surface area contributed by atoms with Gasteiger partial charge >= 0.3 is 0 Å². The number of rotatable bonds is 4. The van der Waals surface area contributed by atoms with Gasteiger partial charge in [-0.1, -0.05) is 29.3 Å². The van der Waals surface area contributed by atoms with Crippen molar-refractivity contribution in [3.8, 4) is 5.75 Å². The molecule has 1 aliphatic rings. The highest BCUT2D eigenvalue weighted by Gasteiger charge is 2.24. The van der Waals surface area contributed by atoms with Gasteiger partial charge in [-0.2, -0.15) is 0 Å². The second kappa shape index (κ2) is 8.25. The van der Waals surface area contributed by atoms with Crippen molar-refractivity contribution in [2.24, 2.45) is 0 Å². The number of piperazine rings is 1. The monoisotopic (exact) mass is 396 g/mol. The molecule has 1 aliphatic heterocycles. The molecule has 0 unspecified atom stereocenters. The van der Waals surface area contributed by atoms with E-state index in [1.165, 1.54) is 13.2 Å². The SMILES string of the molecule is COc1ccc(CN2CCN(C(=O)c3cc(Cl)ccc3Cl)CC2)cc1F. The minimum Gasteiger partial charge on any atom is -0.494 e. The molecule has 0 spiro atoms. The number of hydrogen-bond acceptors (Lipinski definition) is 3. The number of methoxy groups -OCH3 is 1. The smallest absolute Gasteiger partial charge is 0.255 e. The lowest BCUT2D eigenvalue weighted by Crippen LogP contribution is -2.48. The third kappa shape index (κ3) is 4.29. The average molecular weight is 397 g/mol. The van der Waals surface area contributed by atoms with Crippen molar-refractivity contribution < 1.29 is 13.9 Å². The molecule has 1 heterocycles.